The summed E-state index contributed by atoms with van der Waals surface area (Å²) in [5.74, 6) is 0.845. The molecule has 1 atom stereocenters. The van der Waals surface area contributed by atoms with E-state index in [1.165, 1.54) is 5.56 Å². The van der Waals surface area contributed by atoms with Gasteiger partial charge in [-0.05, 0) is 30.5 Å². The lowest BCUT2D eigenvalue weighted by Gasteiger charge is -2.08. The molecule has 0 amide bonds. The molecule has 0 spiro atoms. The summed E-state index contributed by atoms with van der Waals surface area (Å²) in [5.41, 5.74) is 1.18. The van der Waals surface area contributed by atoms with Gasteiger partial charge in [0.25, 0.3) is 0 Å². The highest BCUT2D eigenvalue weighted by atomic mass is 16.5. The zero-order valence-corrected chi connectivity index (χ0v) is 9.10. The molecule has 0 heterocycles. The Hall–Kier alpha value is -1.35. The van der Waals surface area contributed by atoms with E-state index >= 15 is 0 Å². The number of aryl methyl sites for hydroxylation is 1. The van der Waals surface area contributed by atoms with Gasteiger partial charge in [-0.15, -0.1) is 0 Å². The van der Waals surface area contributed by atoms with Gasteiger partial charge >= 0.3 is 0 Å². The quantitative estimate of drug-likeness (QED) is 0.669. The van der Waals surface area contributed by atoms with Crippen LogP contribution in [0.25, 0.3) is 0 Å². The second-order valence-electron chi connectivity index (χ2n) is 3.30. The molecule has 0 bridgehead atoms. The lowest BCUT2D eigenvalue weighted by Crippen LogP contribution is -2.12. The van der Waals surface area contributed by atoms with Crippen LogP contribution in [0.5, 0.6) is 5.75 Å². The van der Waals surface area contributed by atoms with Gasteiger partial charge in [-0.25, -0.2) is 0 Å². The molecule has 0 aliphatic rings. The Kier molecular flexibility index (Phi) is 4.84. The summed E-state index contributed by atoms with van der Waals surface area (Å²) in [4.78, 5) is 10.5. The van der Waals surface area contributed by atoms with Crippen LogP contribution in [-0.4, -0.2) is 26.6 Å². The fourth-order valence-corrected chi connectivity index (χ4v) is 1.34. The van der Waals surface area contributed by atoms with Gasteiger partial charge in [0.05, 0.1) is 7.11 Å². The Morgan fingerprint density at radius 1 is 1.27 bits per heavy atom. The van der Waals surface area contributed by atoms with Crippen LogP contribution < -0.4 is 4.74 Å². The van der Waals surface area contributed by atoms with E-state index in [2.05, 4.69) is 0 Å². The minimum absolute atomic E-state index is 0.299. The predicted molar refractivity (Wildman–Crippen MR) is 58.2 cm³/mol. The highest BCUT2D eigenvalue weighted by molar-refractivity contribution is 5.55. The second-order valence-corrected chi connectivity index (χ2v) is 3.30. The Labute approximate surface area is 90.0 Å². The Morgan fingerprint density at radius 2 is 1.93 bits per heavy atom. The molecule has 0 saturated heterocycles. The number of benzene rings is 1. The molecule has 0 radical (unpaired) electrons. The van der Waals surface area contributed by atoms with E-state index in [1.807, 2.05) is 24.3 Å². The van der Waals surface area contributed by atoms with Crippen molar-refractivity contribution < 1.29 is 14.3 Å². The van der Waals surface area contributed by atoms with E-state index in [0.717, 1.165) is 18.5 Å². The molecule has 0 fully saturated rings. The zero-order chi connectivity index (χ0) is 11.1. The van der Waals surface area contributed by atoms with Crippen LogP contribution in [0.15, 0.2) is 24.3 Å². The van der Waals surface area contributed by atoms with E-state index < -0.39 is 0 Å². The van der Waals surface area contributed by atoms with Gasteiger partial charge in [-0.1, -0.05) is 12.1 Å². The molecule has 1 aromatic carbocycles. The zero-order valence-electron chi connectivity index (χ0n) is 9.10. The fraction of sp³-hybridized carbons (Fsp3) is 0.417. The van der Waals surface area contributed by atoms with Crippen LogP contribution in [0.2, 0.25) is 0 Å². The molecular weight excluding hydrogens is 192 g/mol. The summed E-state index contributed by atoms with van der Waals surface area (Å²) >= 11 is 0. The predicted octanol–water partition coefficient (Wildman–Crippen LogP) is 1.84. The third-order valence-electron chi connectivity index (χ3n) is 2.33. The van der Waals surface area contributed by atoms with E-state index in [0.29, 0.717) is 6.42 Å². The monoisotopic (exact) mass is 208 g/mol. The van der Waals surface area contributed by atoms with Crippen LogP contribution in [0, 0.1) is 0 Å². The lowest BCUT2D eigenvalue weighted by atomic mass is 10.1. The SMILES string of the molecule is COc1ccc(CCC(C=O)OC)cc1. The summed E-state index contributed by atoms with van der Waals surface area (Å²) < 4.78 is 10.0. The number of ether oxygens (including phenoxy) is 2. The van der Waals surface area contributed by atoms with Crippen LogP contribution in [-0.2, 0) is 16.0 Å². The minimum atomic E-state index is -0.299. The first-order valence-corrected chi connectivity index (χ1v) is 4.91. The first-order chi connectivity index (χ1) is 7.30. The molecule has 1 unspecified atom stereocenters. The number of carbonyl (C=O) groups excluding carboxylic acids is 1. The van der Waals surface area contributed by atoms with Crippen molar-refractivity contribution >= 4 is 6.29 Å². The van der Waals surface area contributed by atoms with Gasteiger partial charge in [-0.3, -0.25) is 0 Å². The number of hydrogen-bond donors (Lipinski definition) is 0. The van der Waals surface area contributed by atoms with Gasteiger partial charge in [0.1, 0.15) is 18.1 Å². The Bertz CT molecular complexity index is 292. The van der Waals surface area contributed by atoms with Crippen molar-refractivity contribution in [3.63, 3.8) is 0 Å². The molecular formula is C12H16O3. The molecule has 1 aromatic rings. The summed E-state index contributed by atoms with van der Waals surface area (Å²) in [6, 6.07) is 7.82. The van der Waals surface area contributed by atoms with Crippen LogP contribution in [0.1, 0.15) is 12.0 Å². The van der Waals surface area contributed by atoms with Crippen molar-refractivity contribution in [2.24, 2.45) is 0 Å². The Balaban J connectivity index is 2.46. The number of carbonyl (C=O) groups is 1. The van der Waals surface area contributed by atoms with E-state index in [9.17, 15) is 4.79 Å². The molecule has 0 aromatic heterocycles. The average Bonchev–Trinajstić information content (AvgIpc) is 2.31. The highest BCUT2D eigenvalue weighted by Gasteiger charge is 2.05. The van der Waals surface area contributed by atoms with E-state index in [1.54, 1.807) is 14.2 Å². The van der Waals surface area contributed by atoms with Crippen LogP contribution >= 0.6 is 0 Å². The molecule has 0 N–H and O–H groups in total. The number of methoxy groups -OCH3 is 2. The summed E-state index contributed by atoms with van der Waals surface area (Å²) in [5, 5.41) is 0. The smallest absolute Gasteiger partial charge is 0.148 e. The van der Waals surface area contributed by atoms with Gasteiger partial charge in [0, 0.05) is 7.11 Å². The highest BCUT2D eigenvalue weighted by Crippen LogP contribution is 2.13. The minimum Gasteiger partial charge on any atom is -0.497 e. The number of aldehydes is 1. The van der Waals surface area contributed by atoms with Crippen LogP contribution in [0.4, 0.5) is 0 Å². The molecule has 3 nitrogen and oxygen atoms in total. The molecule has 1 rings (SSSR count). The normalized spacial score (nSPS) is 12.1. The van der Waals surface area contributed by atoms with Crippen LogP contribution in [0.3, 0.4) is 0 Å². The summed E-state index contributed by atoms with van der Waals surface area (Å²) in [6.07, 6.45) is 2.09. The van der Waals surface area contributed by atoms with Crippen molar-refractivity contribution in [3.8, 4) is 5.75 Å². The van der Waals surface area contributed by atoms with Crippen molar-refractivity contribution in [2.45, 2.75) is 18.9 Å². The first-order valence-electron chi connectivity index (χ1n) is 4.91. The van der Waals surface area contributed by atoms with Gasteiger partial charge < -0.3 is 14.3 Å². The third kappa shape index (κ3) is 3.72. The molecule has 0 aliphatic carbocycles. The lowest BCUT2D eigenvalue weighted by molar-refractivity contribution is -0.116. The number of rotatable bonds is 6. The average molecular weight is 208 g/mol. The van der Waals surface area contributed by atoms with Crippen molar-refractivity contribution in [3.05, 3.63) is 29.8 Å². The van der Waals surface area contributed by atoms with Crippen molar-refractivity contribution in [1.82, 2.24) is 0 Å². The third-order valence-corrected chi connectivity index (χ3v) is 2.33. The molecule has 3 heteroatoms. The maximum absolute atomic E-state index is 10.5. The number of hydrogen-bond acceptors (Lipinski definition) is 3. The summed E-state index contributed by atoms with van der Waals surface area (Å²) in [6.45, 7) is 0. The topological polar surface area (TPSA) is 35.5 Å². The van der Waals surface area contributed by atoms with E-state index in [-0.39, 0.29) is 6.10 Å². The van der Waals surface area contributed by atoms with Gasteiger partial charge in [0.15, 0.2) is 0 Å². The maximum Gasteiger partial charge on any atom is 0.148 e. The fourth-order valence-electron chi connectivity index (χ4n) is 1.34. The standard InChI is InChI=1S/C12H16O3/c1-14-11-6-3-10(4-7-11)5-8-12(9-13)15-2/h3-4,6-7,9,12H,5,8H2,1-2H3. The first kappa shape index (κ1) is 11.7. The van der Waals surface area contributed by atoms with Crippen molar-refractivity contribution in [2.75, 3.05) is 14.2 Å². The molecule has 0 aliphatic heterocycles. The molecule has 82 valence electrons. The van der Waals surface area contributed by atoms with Gasteiger partial charge in [-0.2, -0.15) is 0 Å². The molecule has 15 heavy (non-hydrogen) atoms. The van der Waals surface area contributed by atoms with Gasteiger partial charge in [0.2, 0.25) is 0 Å². The Morgan fingerprint density at radius 3 is 2.40 bits per heavy atom. The van der Waals surface area contributed by atoms with Crippen molar-refractivity contribution in [1.29, 1.82) is 0 Å². The maximum atomic E-state index is 10.5. The second kappa shape index (κ2) is 6.19. The van der Waals surface area contributed by atoms with E-state index in [4.69, 9.17) is 9.47 Å². The largest absolute Gasteiger partial charge is 0.497 e. The summed E-state index contributed by atoms with van der Waals surface area (Å²) in [7, 11) is 3.19. The molecule has 0 saturated carbocycles.